The Balaban J connectivity index is 2.68. The summed E-state index contributed by atoms with van der Waals surface area (Å²) in [6.07, 6.45) is -0.528. The second-order valence-corrected chi connectivity index (χ2v) is 4.67. The number of nitrogens with two attached hydrogens (primary N) is 1. The fraction of sp³-hybridized carbons (Fsp3) is 0.800. The maximum Gasteiger partial charge on any atom is 0.411 e. The Labute approximate surface area is 94.7 Å². The van der Waals surface area contributed by atoms with Crippen LogP contribution in [-0.4, -0.2) is 48.3 Å². The van der Waals surface area contributed by atoms with Gasteiger partial charge < -0.3 is 15.2 Å². The van der Waals surface area contributed by atoms with Crippen LogP contribution in [0.3, 0.4) is 0 Å². The smallest absolute Gasteiger partial charge is 0.411 e. The monoisotopic (exact) mass is 230 g/mol. The van der Waals surface area contributed by atoms with Crippen LogP contribution in [0.15, 0.2) is 0 Å². The Morgan fingerprint density at radius 3 is 2.56 bits per heavy atom. The zero-order valence-corrected chi connectivity index (χ0v) is 9.86. The van der Waals surface area contributed by atoms with Crippen molar-refractivity contribution in [3.05, 3.63) is 0 Å². The summed E-state index contributed by atoms with van der Waals surface area (Å²) in [5.74, 6) is -0.578. The number of morpholine rings is 1. The van der Waals surface area contributed by atoms with E-state index >= 15 is 0 Å². The first-order chi connectivity index (χ1) is 7.31. The summed E-state index contributed by atoms with van der Waals surface area (Å²) in [6.45, 7) is 6.15. The third-order valence-corrected chi connectivity index (χ3v) is 2.08. The SMILES string of the molecule is CC(C)(C)OC(=O)N1CCOC[C@H]1C(N)=O. The van der Waals surface area contributed by atoms with E-state index < -0.39 is 23.6 Å². The van der Waals surface area contributed by atoms with Crippen molar-refractivity contribution in [1.29, 1.82) is 0 Å². The minimum absolute atomic E-state index is 0.134. The molecule has 6 nitrogen and oxygen atoms in total. The van der Waals surface area contributed by atoms with E-state index in [1.807, 2.05) is 0 Å². The van der Waals surface area contributed by atoms with Gasteiger partial charge in [-0.1, -0.05) is 0 Å². The van der Waals surface area contributed by atoms with Gasteiger partial charge in [-0.2, -0.15) is 0 Å². The molecule has 2 N–H and O–H groups in total. The Bertz CT molecular complexity index is 285. The largest absolute Gasteiger partial charge is 0.444 e. The number of carbonyl (C=O) groups excluding carboxylic acids is 2. The number of rotatable bonds is 1. The lowest BCUT2D eigenvalue weighted by Gasteiger charge is -2.34. The second-order valence-electron chi connectivity index (χ2n) is 4.67. The highest BCUT2D eigenvalue weighted by atomic mass is 16.6. The molecule has 1 aliphatic heterocycles. The Hall–Kier alpha value is -1.30. The standard InChI is InChI=1S/C10H18N2O4/c1-10(2,3)16-9(14)12-4-5-15-6-7(12)8(11)13/h7H,4-6H2,1-3H3,(H2,11,13)/t7-/m0/s1. The summed E-state index contributed by atoms with van der Waals surface area (Å²) in [5.41, 5.74) is 4.61. The number of primary amides is 1. The van der Waals surface area contributed by atoms with Crippen LogP contribution in [0.5, 0.6) is 0 Å². The molecule has 0 aromatic carbocycles. The van der Waals surface area contributed by atoms with Crippen LogP contribution in [0.2, 0.25) is 0 Å². The van der Waals surface area contributed by atoms with Crippen LogP contribution >= 0.6 is 0 Å². The lowest BCUT2D eigenvalue weighted by atomic mass is 10.2. The van der Waals surface area contributed by atoms with Crippen LogP contribution in [0.4, 0.5) is 4.79 Å². The van der Waals surface area contributed by atoms with Gasteiger partial charge in [-0.15, -0.1) is 0 Å². The highest BCUT2D eigenvalue weighted by Gasteiger charge is 2.34. The van der Waals surface area contributed by atoms with Crippen molar-refractivity contribution in [2.24, 2.45) is 5.73 Å². The average molecular weight is 230 g/mol. The molecule has 1 rings (SSSR count). The van der Waals surface area contributed by atoms with Crippen molar-refractivity contribution < 1.29 is 19.1 Å². The lowest BCUT2D eigenvalue weighted by Crippen LogP contribution is -2.55. The minimum Gasteiger partial charge on any atom is -0.444 e. The summed E-state index contributed by atoms with van der Waals surface area (Å²) in [7, 11) is 0. The van der Waals surface area contributed by atoms with Gasteiger partial charge in [-0.25, -0.2) is 4.79 Å². The number of ether oxygens (including phenoxy) is 2. The molecule has 1 fully saturated rings. The van der Waals surface area contributed by atoms with Crippen LogP contribution < -0.4 is 5.73 Å². The molecule has 0 aromatic heterocycles. The van der Waals surface area contributed by atoms with Crippen LogP contribution in [-0.2, 0) is 14.3 Å². The maximum atomic E-state index is 11.8. The second kappa shape index (κ2) is 4.69. The molecule has 0 radical (unpaired) electrons. The van der Waals surface area contributed by atoms with Gasteiger partial charge in [0, 0.05) is 6.54 Å². The number of hydrogen-bond donors (Lipinski definition) is 1. The molecule has 92 valence electrons. The van der Waals surface area contributed by atoms with E-state index in [9.17, 15) is 9.59 Å². The minimum atomic E-state index is -0.733. The first kappa shape index (κ1) is 12.8. The molecule has 1 atom stereocenters. The molecule has 0 saturated carbocycles. The molecule has 0 bridgehead atoms. The maximum absolute atomic E-state index is 11.8. The Morgan fingerprint density at radius 1 is 1.44 bits per heavy atom. The molecule has 0 unspecified atom stereocenters. The molecular weight excluding hydrogens is 212 g/mol. The zero-order valence-electron chi connectivity index (χ0n) is 9.86. The van der Waals surface area contributed by atoms with Gasteiger partial charge >= 0.3 is 6.09 Å². The summed E-state index contributed by atoms with van der Waals surface area (Å²) in [4.78, 5) is 24.2. The number of amides is 2. The van der Waals surface area contributed by atoms with Gasteiger partial charge in [0.05, 0.1) is 13.2 Å². The van der Waals surface area contributed by atoms with Crippen molar-refractivity contribution in [3.63, 3.8) is 0 Å². The number of carbonyl (C=O) groups is 2. The third kappa shape index (κ3) is 3.37. The van der Waals surface area contributed by atoms with E-state index in [1.165, 1.54) is 4.90 Å². The lowest BCUT2D eigenvalue weighted by molar-refractivity contribution is -0.129. The van der Waals surface area contributed by atoms with Crippen molar-refractivity contribution in [2.75, 3.05) is 19.8 Å². The van der Waals surface area contributed by atoms with E-state index in [0.717, 1.165) is 0 Å². The van der Waals surface area contributed by atoms with Crippen molar-refractivity contribution in [3.8, 4) is 0 Å². The topological polar surface area (TPSA) is 81.9 Å². The molecule has 0 aromatic rings. The molecule has 0 aliphatic carbocycles. The first-order valence-electron chi connectivity index (χ1n) is 5.18. The predicted molar refractivity (Wildman–Crippen MR) is 56.7 cm³/mol. The van der Waals surface area contributed by atoms with E-state index in [-0.39, 0.29) is 6.61 Å². The van der Waals surface area contributed by atoms with Gasteiger partial charge in [-0.05, 0) is 20.8 Å². The van der Waals surface area contributed by atoms with E-state index in [1.54, 1.807) is 20.8 Å². The van der Waals surface area contributed by atoms with E-state index in [4.69, 9.17) is 15.2 Å². The summed E-state index contributed by atoms with van der Waals surface area (Å²) in [5, 5.41) is 0. The predicted octanol–water partition coefficient (Wildman–Crippen LogP) is 0.108. The summed E-state index contributed by atoms with van der Waals surface area (Å²) >= 11 is 0. The number of nitrogens with zero attached hydrogens (tertiary/aromatic N) is 1. The van der Waals surface area contributed by atoms with Gasteiger partial charge in [0.1, 0.15) is 11.6 Å². The van der Waals surface area contributed by atoms with Crippen molar-refractivity contribution in [2.45, 2.75) is 32.4 Å². The summed E-state index contributed by atoms with van der Waals surface area (Å²) in [6, 6.07) is -0.733. The fourth-order valence-electron chi connectivity index (χ4n) is 1.38. The molecule has 1 heterocycles. The van der Waals surface area contributed by atoms with Gasteiger partial charge in [0.2, 0.25) is 5.91 Å². The highest BCUT2D eigenvalue weighted by Crippen LogP contribution is 2.14. The van der Waals surface area contributed by atoms with Crippen LogP contribution in [0.25, 0.3) is 0 Å². The molecule has 0 spiro atoms. The molecular formula is C10H18N2O4. The van der Waals surface area contributed by atoms with E-state index in [0.29, 0.717) is 13.2 Å². The third-order valence-electron chi connectivity index (χ3n) is 2.08. The molecule has 1 saturated heterocycles. The quantitative estimate of drug-likeness (QED) is 0.693. The summed E-state index contributed by atoms with van der Waals surface area (Å²) < 4.78 is 10.3. The Kier molecular flexibility index (Phi) is 3.74. The molecule has 1 aliphatic rings. The van der Waals surface area contributed by atoms with Gasteiger partial charge in [0.15, 0.2) is 0 Å². The normalized spacial score (nSPS) is 21.7. The van der Waals surface area contributed by atoms with Crippen molar-refractivity contribution >= 4 is 12.0 Å². The van der Waals surface area contributed by atoms with Crippen molar-refractivity contribution in [1.82, 2.24) is 4.90 Å². The van der Waals surface area contributed by atoms with Gasteiger partial charge in [0.25, 0.3) is 0 Å². The Morgan fingerprint density at radius 2 is 2.06 bits per heavy atom. The molecule has 6 heteroatoms. The van der Waals surface area contributed by atoms with Crippen LogP contribution in [0, 0.1) is 0 Å². The first-order valence-corrected chi connectivity index (χ1v) is 5.18. The van der Waals surface area contributed by atoms with E-state index in [2.05, 4.69) is 0 Å². The average Bonchev–Trinajstić information content (AvgIpc) is 2.15. The number of hydrogen-bond acceptors (Lipinski definition) is 4. The van der Waals surface area contributed by atoms with Crippen LogP contribution in [0.1, 0.15) is 20.8 Å². The zero-order chi connectivity index (χ0) is 12.3. The highest BCUT2D eigenvalue weighted by molar-refractivity contribution is 5.84. The molecule has 2 amide bonds. The molecule has 16 heavy (non-hydrogen) atoms. The fourth-order valence-corrected chi connectivity index (χ4v) is 1.38. The van der Waals surface area contributed by atoms with Gasteiger partial charge in [-0.3, -0.25) is 9.69 Å².